The molecular formula is C18H20ClN3O6S. The Bertz CT molecular complexity index is 1030. The van der Waals surface area contributed by atoms with Gasteiger partial charge in [0.05, 0.1) is 7.11 Å². The number of aryl methyl sites for hydroxylation is 1. The Morgan fingerprint density at radius 2 is 1.83 bits per heavy atom. The number of hydrogen-bond donors (Lipinski definition) is 3. The lowest BCUT2D eigenvalue weighted by atomic mass is 10.2. The van der Waals surface area contributed by atoms with Crippen LogP contribution in [0.4, 0.5) is 0 Å². The summed E-state index contributed by atoms with van der Waals surface area (Å²) in [6, 6.07) is 8.78. The molecule has 156 valence electrons. The van der Waals surface area contributed by atoms with Crippen molar-refractivity contribution in [2.45, 2.75) is 11.8 Å². The molecule has 0 fully saturated rings. The maximum absolute atomic E-state index is 12.2. The summed E-state index contributed by atoms with van der Waals surface area (Å²) in [5.74, 6) is -0.796. The van der Waals surface area contributed by atoms with Crippen LogP contribution in [0.25, 0.3) is 0 Å². The van der Waals surface area contributed by atoms with Gasteiger partial charge in [-0.1, -0.05) is 11.6 Å². The fourth-order valence-corrected chi connectivity index (χ4v) is 3.26. The van der Waals surface area contributed by atoms with Gasteiger partial charge in [-0.3, -0.25) is 20.4 Å². The topological polar surface area (TPSA) is 123 Å². The Morgan fingerprint density at radius 1 is 1.10 bits per heavy atom. The maximum Gasteiger partial charge on any atom is 0.276 e. The molecule has 2 amide bonds. The molecule has 11 heteroatoms. The molecule has 0 bridgehead atoms. The molecule has 0 aromatic heterocycles. The third-order valence-corrected chi connectivity index (χ3v) is 5.66. The van der Waals surface area contributed by atoms with Gasteiger partial charge in [-0.2, -0.15) is 0 Å². The van der Waals surface area contributed by atoms with Crippen LogP contribution in [0.3, 0.4) is 0 Å². The molecule has 2 rings (SSSR count). The van der Waals surface area contributed by atoms with E-state index >= 15 is 0 Å². The molecular weight excluding hydrogens is 422 g/mol. The number of carbonyl (C=O) groups excluding carboxylic acids is 2. The van der Waals surface area contributed by atoms with Gasteiger partial charge < -0.3 is 9.47 Å². The summed E-state index contributed by atoms with van der Waals surface area (Å²) in [6.07, 6.45) is 0. The number of methoxy groups -OCH3 is 1. The largest absolute Gasteiger partial charge is 0.495 e. The number of ether oxygens (including phenoxy) is 2. The molecule has 0 aliphatic carbocycles. The van der Waals surface area contributed by atoms with Crippen molar-refractivity contribution in [3.63, 3.8) is 0 Å². The molecule has 0 heterocycles. The average Bonchev–Trinajstić information content (AvgIpc) is 2.72. The number of sulfonamides is 1. The van der Waals surface area contributed by atoms with Gasteiger partial charge >= 0.3 is 0 Å². The summed E-state index contributed by atoms with van der Waals surface area (Å²) in [4.78, 5) is 23.9. The van der Waals surface area contributed by atoms with Crippen LogP contribution in [0.1, 0.15) is 15.9 Å². The zero-order valence-corrected chi connectivity index (χ0v) is 17.5. The summed E-state index contributed by atoms with van der Waals surface area (Å²) < 4.78 is 36.6. The highest BCUT2D eigenvalue weighted by Gasteiger charge is 2.20. The van der Waals surface area contributed by atoms with Gasteiger partial charge in [0.2, 0.25) is 10.0 Å². The van der Waals surface area contributed by atoms with Crippen LogP contribution in [-0.4, -0.2) is 41.0 Å². The lowest BCUT2D eigenvalue weighted by molar-refractivity contribution is -0.123. The molecule has 9 nitrogen and oxygen atoms in total. The van der Waals surface area contributed by atoms with Gasteiger partial charge in [0.15, 0.2) is 6.61 Å². The van der Waals surface area contributed by atoms with Crippen LogP contribution in [0, 0.1) is 6.92 Å². The van der Waals surface area contributed by atoms with Crippen molar-refractivity contribution < 1.29 is 27.5 Å². The first-order valence-corrected chi connectivity index (χ1v) is 10.1. The quantitative estimate of drug-likeness (QED) is 0.558. The fraction of sp³-hybridized carbons (Fsp3) is 0.222. The molecule has 3 N–H and O–H groups in total. The molecule has 2 aromatic rings. The van der Waals surface area contributed by atoms with Crippen LogP contribution in [0.5, 0.6) is 11.5 Å². The third kappa shape index (κ3) is 5.83. The second-order valence-corrected chi connectivity index (χ2v) is 8.04. The summed E-state index contributed by atoms with van der Waals surface area (Å²) >= 11 is 5.92. The van der Waals surface area contributed by atoms with E-state index in [0.717, 1.165) is 11.6 Å². The number of amides is 2. The number of rotatable bonds is 7. The first-order valence-electron chi connectivity index (χ1n) is 8.27. The molecule has 0 radical (unpaired) electrons. The standard InChI is InChI=1S/C18H20ClN3O6S/c1-11-8-13(5-6-14(11)19)28-10-17(23)21-22-18(24)12-4-7-15(27-3)16(9-12)29(25,26)20-2/h4-9,20H,10H2,1-3H3,(H,21,23)(H,22,24). The second-order valence-electron chi connectivity index (χ2n) is 5.78. The summed E-state index contributed by atoms with van der Waals surface area (Å²) in [6.45, 7) is 1.45. The number of hydrazine groups is 1. The van der Waals surface area contributed by atoms with E-state index in [1.165, 1.54) is 26.3 Å². The molecule has 2 aromatic carbocycles. The van der Waals surface area contributed by atoms with E-state index in [-0.39, 0.29) is 22.8 Å². The van der Waals surface area contributed by atoms with Crippen molar-refractivity contribution in [2.75, 3.05) is 20.8 Å². The van der Waals surface area contributed by atoms with Crippen molar-refractivity contribution in [3.8, 4) is 11.5 Å². The average molecular weight is 442 g/mol. The van der Waals surface area contributed by atoms with Crippen LogP contribution in [0.15, 0.2) is 41.3 Å². The molecule has 0 aliphatic heterocycles. The van der Waals surface area contributed by atoms with Crippen molar-refractivity contribution in [1.29, 1.82) is 0 Å². The third-order valence-electron chi connectivity index (χ3n) is 3.80. The number of benzene rings is 2. The number of nitrogens with one attached hydrogen (secondary N) is 3. The van der Waals surface area contributed by atoms with Crippen LogP contribution in [0.2, 0.25) is 5.02 Å². The van der Waals surface area contributed by atoms with Crippen LogP contribution >= 0.6 is 11.6 Å². The van der Waals surface area contributed by atoms with E-state index in [2.05, 4.69) is 15.6 Å². The van der Waals surface area contributed by atoms with E-state index in [0.29, 0.717) is 10.8 Å². The predicted molar refractivity (Wildman–Crippen MR) is 107 cm³/mol. The van der Waals surface area contributed by atoms with Crippen molar-refractivity contribution >= 4 is 33.4 Å². The van der Waals surface area contributed by atoms with Gasteiger partial charge in [0.1, 0.15) is 16.4 Å². The number of halogens is 1. The minimum absolute atomic E-state index is 0.00849. The highest BCUT2D eigenvalue weighted by Crippen LogP contribution is 2.24. The molecule has 29 heavy (non-hydrogen) atoms. The van der Waals surface area contributed by atoms with E-state index in [1.807, 2.05) is 0 Å². The molecule has 0 aliphatic rings. The van der Waals surface area contributed by atoms with Gasteiger partial charge in [-0.25, -0.2) is 13.1 Å². The van der Waals surface area contributed by atoms with Crippen molar-refractivity contribution in [1.82, 2.24) is 15.6 Å². The van der Waals surface area contributed by atoms with Gasteiger partial charge in [0.25, 0.3) is 11.8 Å². The Morgan fingerprint density at radius 3 is 2.45 bits per heavy atom. The normalized spacial score (nSPS) is 10.9. The smallest absolute Gasteiger partial charge is 0.276 e. The molecule has 0 saturated heterocycles. The first-order chi connectivity index (χ1) is 13.7. The highest BCUT2D eigenvalue weighted by molar-refractivity contribution is 7.89. The van der Waals surface area contributed by atoms with Crippen LogP contribution in [-0.2, 0) is 14.8 Å². The van der Waals surface area contributed by atoms with Gasteiger partial charge in [-0.05, 0) is 55.9 Å². The lowest BCUT2D eigenvalue weighted by Crippen LogP contribution is -2.43. The van der Waals surface area contributed by atoms with Crippen molar-refractivity contribution in [2.24, 2.45) is 0 Å². The summed E-state index contributed by atoms with van der Waals surface area (Å²) in [7, 11) is -1.29. The van der Waals surface area contributed by atoms with Gasteiger partial charge in [-0.15, -0.1) is 0 Å². The molecule has 0 saturated carbocycles. The van der Waals surface area contributed by atoms with E-state index in [1.54, 1.807) is 25.1 Å². The van der Waals surface area contributed by atoms with Crippen LogP contribution < -0.4 is 25.0 Å². The summed E-state index contributed by atoms with van der Waals surface area (Å²) in [5.41, 5.74) is 5.19. The Kier molecular flexibility index (Phi) is 7.43. The molecule has 0 spiro atoms. The monoisotopic (exact) mass is 441 g/mol. The molecule has 0 atom stereocenters. The lowest BCUT2D eigenvalue weighted by Gasteiger charge is -2.12. The predicted octanol–water partition coefficient (Wildman–Crippen LogP) is 1.41. The Balaban J connectivity index is 1.98. The van der Waals surface area contributed by atoms with E-state index < -0.39 is 21.8 Å². The minimum Gasteiger partial charge on any atom is -0.495 e. The second kappa shape index (κ2) is 9.59. The Labute approximate surface area is 173 Å². The fourth-order valence-electron chi connectivity index (χ4n) is 2.23. The minimum atomic E-state index is -3.85. The highest BCUT2D eigenvalue weighted by atomic mass is 35.5. The first kappa shape index (κ1) is 22.5. The number of carbonyl (C=O) groups is 2. The maximum atomic E-state index is 12.2. The zero-order chi connectivity index (χ0) is 21.6. The SMILES string of the molecule is CNS(=O)(=O)c1cc(C(=O)NNC(=O)COc2ccc(Cl)c(C)c2)ccc1OC. The van der Waals surface area contributed by atoms with E-state index in [4.69, 9.17) is 21.1 Å². The van der Waals surface area contributed by atoms with Gasteiger partial charge in [0, 0.05) is 10.6 Å². The number of hydrogen-bond acceptors (Lipinski definition) is 6. The Hall–Kier alpha value is -2.82. The summed E-state index contributed by atoms with van der Waals surface area (Å²) in [5, 5.41) is 0.577. The van der Waals surface area contributed by atoms with Crippen molar-refractivity contribution in [3.05, 3.63) is 52.5 Å². The van der Waals surface area contributed by atoms with E-state index in [9.17, 15) is 18.0 Å². The molecule has 0 unspecified atom stereocenters. The zero-order valence-electron chi connectivity index (χ0n) is 15.9.